The second-order valence-corrected chi connectivity index (χ2v) is 5.95. The molecule has 0 spiro atoms. The summed E-state index contributed by atoms with van der Waals surface area (Å²) in [6.45, 7) is 4.43. The lowest BCUT2D eigenvalue weighted by Gasteiger charge is -2.37. The van der Waals surface area contributed by atoms with Gasteiger partial charge < -0.3 is 15.3 Å². The minimum absolute atomic E-state index is 0.143. The van der Waals surface area contributed by atoms with Gasteiger partial charge in [0.2, 0.25) is 5.91 Å². The van der Waals surface area contributed by atoms with E-state index in [-0.39, 0.29) is 11.8 Å². The average Bonchev–Trinajstić information content (AvgIpc) is 2.86. The molecule has 6 nitrogen and oxygen atoms in total. The molecule has 7 heteroatoms. The van der Waals surface area contributed by atoms with Crippen LogP contribution in [0.25, 0.3) is 0 Å². The summed E-state index contributed by atoms with van der Waals surface area (Å²) in [5.74, 6) is -0.347. The summed E-state index contributed by atoms with van der Waals surface area (Å²) in [6.07, 6.45) is 1.90. The van der Waals surface area contributed by atoms with Crippen molar-refractivity contribution in [2.45, 2.75) is 38.7 Å². The zero-order chi connectivity index (χ0) is 14.8. The van der Waals surface area contributed by atoms with Crippen LogP contribution in [0, 0.1) is 0 Å². The number of amides is 2. The van der Waals surface area contributed by atoms with E-state index in [9.17, 15) is 14.7 Å². The number of nitrogens with zero attached hydrogens (tertiary/aromatic N) is 2. The summed E-state index contributed by atoms with van der Waals surface area (Å²) < 4.78 is 0. The number of rotatable bonds is 3. The Bertz CT molecular complexity index is 507. The van der Waals surface area contributed by atoms with Crippen LogP contribution in [0.2, 0.25) is 0 Å². The number of piperidine rings is 1. The van der Waals surface area contributed by atoms with Crippen molar-refractivity contribution in [3.63, 3.8) is 0 Å². The number of carbonyl (C=O) groups excluding carboxylic acids is 2. The molecule has 2 heterocycles. The van der Waals surface area contributed by atoms with E-state index in [1.165, 1.54) is 18.3 Å². The Morgan fingerprint density at radius 3 is 2.70 bits per heavy atom. The molecule has 0 bridgehead atoms. The van der Waals surface area contributed by atoms with Crippen LogP contribution in [0.4, 0.5) is 5.13 Å². The van der Waals surface area contributed by atoms with Crippen molar-refractivity contribution in [1.29, 1.82) is 0 Å². The third-order valence-electron chi connectivity index (χ3n) is 3.65. The van der Waals surface area contributed by atoms with Gasteiger partial charge in [-0.3, -0.25) is 9.59 Å². The van der Waals surface area contributed by atoms with Crippen molar-refractivity contribution in [2.24, 2.45) is 0 Å². The molecule has 1 aliphatic rings. The Labute approximate surface area is 121 Å². The molecule has 1 saturated heterocycles. The second-order valence-electron chi connectivity index (χ2n) is 5.09. The monoisotopic (exact) mass is 297 g/mol. The molecule has 1 aromatic heterocycles. The van der Waals surface area contributed by atoms with Gasteiger partial charge in [-0.1, -0.05) is 6.92 Å². The average molecular weight is 297 g/mol. The van der Waals surface area contributed by atoms with E-state index in [1.54, 1.807) is 10.3 Å². The Morgan fingerprint density at radius 1 is 1.50 bits per heavy atom. The molecule has 20 heavy (non-hydrogen) atoms. The first kappa shape index (κ1) is 14.9. The van der Waals surface area contributed by atoms with Gasteiger partial charge in [-0.2, -0.15) is 0 Å². The zero-order valence-electron chi connectivity index (χ0n) is 11.7. The topological polar surface area (TPSA) is 82.5 Å². The van der Waals surface area contributed by atoms with E-state index < -0.39 is 5.60 Å². The Kier molecular flexibility index (Phi) is 4.39. The molecule has 2 rings (SSSR count). The third kappa shape index (κ3) is 3.34. The molecule has 0 aliphatic carbocycles. The number of hydrogen-bond acceptors (Lipinski definition) is 5. The number of anilines is 1. The van der Waals surface area contributed by atoms with Gasteiger partial charge in [0, 0.05) is 25.4 Å². The first-order valence-electron chi connectivity index (χ1n) is 6.68. The van der Waals surface area contributed by atoms with Crippen molar-refractivity contribution >= 4 is 28.3 Å². The van der Waals surface area contributed by atoms with Crippen LogP contribution in [-0.4, -0.2) is 45.5 Å². The summed E-state index contributed by atoms with van der Waals surface area (Å²) in [5.41, 5.74) is -0.291. The number of nitrogens with one attached hydrogen (secondary N) is 1. The van der Waals surface area contributed by atoms with Crippen LogP contribution >= 0.6 is 11.3 Å². The predicted octanol–water partition coefficient (Wildman–Crippen LogP) is 1.48. The highest BCUT2D eigenvalue weighted by Gasteiger charge is 2.33. The minimum Gasteiger partial charge on any atom is -0.390 e. The lowest BCUT2D eigenvalue weighted by atomic mass is 9.89. The Morgan fingerprint density at radius 2 is 2.15 bits per heavy atom. The smallest absolute Gasteiger partial charge is 0.273 e. The molecule has 0 atom stereocenters. The SMILES string of the molecule is CCC1(O)CCN(C(=O)c2csc(NC(C)=O)n2)CC1. The maximum absolute atomic E-state index is 12.3. The van der Waals surface area contributed by atoms with E-state index in [0.29, 0.717) is 43.2 Å². The molecular formula is C13H19N3O3S. The molecule has 0 saturated carbocycles. The zero-order valence-corrected chi connectivity index (χ0v) is 12.5. The fourth-order valence-corrected chi connectivity index (χ4v) is 2.95. The molecule has 2 N–H and O–H groups in total. The Balaban J connectivity index is 1.98. The van der Waals surface area contributed by atoms with Crippen molar-refractivity contribution in [3.8, 4) is 0 Å². The first-order valence-corrected chi connectivity index (χ1v) is 7.56. The van der Waals surface area contributed by atoms with E-state index in [0.717, 1.165) is 0 Å². The lowest BCUT2D eigenvalue weighted by Crippen LogP contribution is -2.46. The Hall–Kier alpha value is -1.47. The number of thiazole rings is 1. The number of carbonyl (C=O) groups is 2. The van der Waals surface area contributed by atoms with Gasteiger partial charge in [-0.25, -0.2) is 4.98 Å². The fraction of sp³-hybridized carbons (Fsp3) is 0.615. The highest BCUT2D eigenvalue weighted by atomic mass is 32.1. The number of hydrogen-bond donors (Lipinski definition) is 2. The van der Waals surface area contributed by atoms with E-state index in [2.05, 4.69) is 10.3 Å². The summed E-state index contributed by atoms with van der Waals surface area (Å²) in [6, 6.07) is 0. The van der Waals surface area contributed by atoms with Crippen LogP contribution in [0.15, 0.2) is 5.38 Å². The summed E-state index contributed by atoms with van der Waals surface area (Å²) >= 11 is 1.23. The van der Waals surface area contributed by atoms with Gasteiger partial charge in [-0.05, 0) is 19.3 Å². The van der Waals surface area contributed by atoms with Crippen molar-refractivity contribution in [1.82, 2.24) is 9.88 Å². The third-order valence-corrected chi connectivity index (χ3v) is 4.40. The van der Waals surface area contributed by atoms with E-state index in [4.69, 9.17) is 0 Å². The largest absolute Gasteiger partial charge is 0.390 e. The van der Waals surface area contributed by atoms with Crippen LogP contribution in [-0.2, 0) is 4.79 Å². The van der Waals surface area contributed by atoms with Crippen LogP contribution in [0.1, 0.15) is 43.6 Å². The molecule has 110 valence electrons. The van der Waals surface area contributed by atoms with Gasteiger partial charge in [-0.15, -0.1) is 11.3 Å². The molecule has 0 radical (unpaired) electrons. The van der Waals surface area contributed by atoms with Gasteiger partial charge in [0.25, 0.3) is 5.91 Å². The summed E-state index contributed by atoms with van der Waals surface area (Å²) in [4.78, 5) is 29.0. The number of likely N-dealkylation sites (tertiary alicyclic amines) is 1. The van der Waals surface area contributed by atoms with Crippen molar-refractivity contribution in [3.05, 3.63) is 11.1 Å². The number of aliphatic hydroxyl groups is 1. The van der Waals surface area contributed by atoms with Crippen molar-refractivity contribution in [2.75, 3.05) is 18.4 Å². The van der Waals surface area contributed by atoms with Crippen LogP contribution < -0.4 is 5.32 Å². The van der Waals surface area contributed by atoms with Gasteiger partial charge in [0.1, 0.15) is 5.69 Å². The fourth-order valence-electron chi connectivity index (χ4n) is 2.22. The molecule has 1 aliphatic heterocycles. The number of aromatic nitrogens is 1. The summed E-state index contributed by atoms with van der Waals surface area (Å²) in [7, 11) is 0. The molecule has 2 amide bonds. The first-order chi connectivity index (χ1) is 9.43. The normalized spacial score (nSPS) is 17.9. The van der Waals surface area contributed by atoms with E-state index >= 15 is 0 Å². The van der Waals surface area contributed by atoms with Crippen molar-refractivity contribution < 1.29 is 14.7 Å². The minimum atomic E-state index is -0.639. The highest BCUT2D eigenvalue weighted by Crippen LogP contribution is 2.26. The molecule has 0 unspecified atom stereocenters. The lowest BCUT2D eigenvalue weighted by molar-refractivity contribution is -0.114. The van der Waals surface area contributed by atoms with E-state index in [1.807, 2.05) is 6.92 Å². The quantitative estimate of drug-likeness (QED) is 0.885. The van der Waals surface area contributed by atoms with Crippen LogP contribution in [0.5, 0.6) is 0 Å². The highest BCUT2D eigenvalue weighted by molar-refractivity contribution is 7.14. The molecule has 0 aromatic carbocycles. The van der Waals surface area contributed by atoms with Gasteiger partial charge in [0.05, 0.1) is 5.60 Å². The van der Waals surface area contributed by atoms with Gasteiger partial charge >= 0.3 is 0 Å². The molecule has 1 aromatic rings. The summed E-state index contributed by atoms with van der Waals surface area (Å²) in [5, 5.41) is 14.8. The molecule has 1 fully saturated rings. The second kappa shape index (κ2) is 5.88. The maximum atomic E-state index is 12.3. The maximum Gasteiger partial charge on any atom is 0.273 e. The standard InChI is InChI=1S/C13H19N3O3S/c1-3-13(19)4-6-16(7-5-13)11(18)10-8-20-12(15-10)14-9(2)17/h8,19H,3-7H2,1-2H3,(H,14,15,17). The molecular weight excluding hydrogens is 278 g/mol. The van der Waals surface area contributed by atoms with Gasteiger partial charge in [0.15, 0.2) is 5.13 Å². The van der Waals surface area contributed by atoms with Crippen LogP contribution in [0.3, 0.4) is 0 Å². The predicted molar refractivity (Wildman–Crippen MR) is 76.8 cm³/mol.